The molecule has 3 aromatic rings. The van der Waals surface area contributed by atoms with Crippen LogP contribution in [-0.4, -0.2) is 21.9 Å². The number of rotatable bonds is 4. The number of hydrogen-bond acceptors (Lipinski definition) is 3. The van der Waals surface area contributed by atoms with Crippen molar-refractivity contribution in [2.75, 3.05) is 5.32 Å². The fourth-order valence-electron chi connectivity index (χ4n) is 3.51. The van der Waals surface area contributed by atoms with Gasteiger partial charge in [-0.1, -0.05) is 65.7 Å². The van der Waals surface area contributed by atoms with Gasteiger partial charge in [-0.15, -0.1) is 0 Å². The molecule has 5 nitrogen and oxygen atoms in total. The van der Waals surface area contributed by atoms with Crippen LogP contribution in [0.4, 0.5) is 19.0 Å². The highest BCUT2D eigenvalue weighted by molar-refractivity contribution is 6.36. The van der Waals surface area contributed by atoms with Gasteiger partial charge in [0.1, 0.15) is 10.8 Å². The molecule has 0 aliphatic carbocycles. The molecule has 1 aliphatic heterocycles. The highest BCUT2D eigenvalue weighted by Crippen LogP contribution is 2.46. The highest BCUT2D eigenvalue weighted by Gasteiger charge is 2.47. The minimum atomic E-state index is -4.56. The van der Waals surface area contributed by atoms with Crippen LogP contribution < -0.4 is 10.6 Å². The number of fused-ring (bicyclic) bond motifs is 1. The van der Waals surface area contributed by atoms with E-state index in [9.17, 15) is 18.0 Å². The number of hydrogen-bond donors (Lipinski definition) is 2. The minimum Gasteiger partial charge on any atom is -0.362 e. The molecule has 0 bridgehead atoms. The third-order valence-electron chi connectivity index (χ3n) is 5.08. The van der Waals surface area contributed by atoms with Crippen LogP contribution in [0.25, 0.3) is 0 Å². The topological polar surface area (TPSA) is 59.0 Å². The van der Waals surface area contributed by atoms with Crippen LogP contribution in [0.3, 0.4) is 0 Å². The molecule has 4 rings (SSSR count). The van der Waals surface area contributed by atoms with Crippen LogP contribution in [-0.2, 0) is 6.54 Å². The number of amides is 1. The number of carbonyl (C=O) groups excluding carboxylic acids is 1. The van der Waals surface area contributed by atoms with Crippen molar-refractivity contribution in [2.24, 2.45) is 0 Å². The molecule has 2 atom stereocenters. The number of anilines is 1. The quantitative estimate of drug-likeness (QED) is 0.510. The van der Waals surface area contributed by atoms with Crippen LogP contribution in [0.5, 0.6) is 0 Å². The number of nitrogens with zero attached hydrogens (tertiary/aromatic N) is 2. The molecule has 1 aromatic heterocycles. The molecule has 0 saturated heterocycles. The van der Waals surface area contributed by atoms with Gasteiger partial charge in [-0.3, -0.25) is 4.79 Å². The summed E-state index contributed by atoms with van der Waals surface area (Å²) in [4.78, 5) is 12.6. The van der Waals surface area contributed by atoms with E-state index in [4.69, 9.17) is 23.2 Å². The maximum atomic E-state index is 13.8. The predicted molar refractivity (Wildman–Crippen MR) is 112 cm³/mol. The second-order valence-corrected chi connectivity index (χ2v) is 7.98. The van der Waals surface area contributed by atoms with Gasteiger partial charge in [0, 0.05) is 18.0 Å². The third kappa shape index (κ3) is 4.50. The Morgan fingerprint density at radius 2 is 1.81 bits per heavy atom. The second kappa shape index (κ2) is 8.43. The first-order valence-corrected chi connectivity index (χ1v) is 10.2. The Morgan fingerprint density at radius 1 is 1.13 bits per heavy atom. The van der Waals surface area contributed by atoms with Crippen molar-refractivity contribution in [2.45, 2.75) is 31.2 Å². The summed E-state index contributed by atoms with van der Waals surface area (Å²) >= 11 is 12.2. The van der Waals surface area contributed by atoms with E-state index in [0.717, 1.165) is 10.2 Å². The lowest BCUT2D eigenvalue weighted by atomic mass is 9.97. The van der Waals surface area contributed by atoms with E-state index >= 15 is 0 Å². The first-order chi connectivity index (χ1) is 14.7. The first-order valence-electron chi connectivity index (χ1n) is 9.43. The van der Waals surface area contributed by atoms with Gasteiger partial charge in [0.05, 0.1) is 6.04 Å². The zero-order valence-electron chi connectivity index (χ0n) is 16.0. The summed E-state index contributed by atoms with van der Waals surface area (Å²) in [6, 6.07) is 13.0. The molecule has 0 spiro atoms. The van der Waals surface area contributed by atoms with Crippen molar-refractivity contribution < 1.29 is 18.0 Å². The Kier molecular flexibility index (Phi) is 5.85. The van der Waals surface area contributed by atoms with Crippen molar-refractivity contribution in [1.29, 1.82) is 0 Å². The number of benzene rings is 2. The molecule has 0 radical (unpaired) electrons. The molecular formula is C21H17Cl2F3N4O. The van der Waals surface area contributed by atoms with E-state index in [0.29, 0.717) is 10.6 Å². The van der Waals surface area contributed by atoms with Gasteiger partial charge < -0.3 is 10.6 Å². The summed E-state index contributed by atoms with van der Waals surface area (Å²) in [5, 5.41) is 9.97. The average molecular weight is 469 g/mol. The largest absolute Gasteiger partial charge is 0.410 e. The number of nitrogens with one attached hydrogen (secondary N) is 2. The van der Waals surface area contributed by atoms with E-state index in [-0.39, 0.29) is 29.5 Å². The Hall–Kier alpha value is -2.71. The molecule has 2 N–H and O–H groups in total. The molecule has 0 unspecified atom stereocenters. The summed E-state index contributed by atoms with van der Waals surface area (Å²) in [6.45, 7) is 0.150. The summed E-state index contributed by atoms with van der Waals surface area (Å²) in [7, 11) is 0. The second-order valence-electron chi connectivity index (χ2n) is 7.17. The Balaban J connectivity index is 1.62. The van der Waals surface area contributed by atoms with E-state index in [1.807, 2.05) is 0 Å². The Bertz CT molecular complexity index is 1080. The lowest BCUT2D eigenvalue weighted by Crippen LogP contribution is -2.35. The van der Waals surface area contributed by atoms with Gasteiger partial charge in [-0.2, -0.15) is 18.3 Å². The normalized spacial score (nSPS) is 18.2. The summed E-state index contributed by atoms with van der Waals surface area (Å²) in [5.74, 6) is -0.693. The van der Waals surface area contributed by atoms with Gasteiger partial charge in [0.25, 0.3) is 5.91 Å². The highest BCUT2D eigenvalue weighted by atomic mass is 35.5. The number of aromatic nitrogens is 2. The molecule has 2 aromatic carbocycles. The molecule has 1 amide bonds. The monoisotopic (exact) mass is 468 g/mol. The number of halogens is 5. The van der Waals surface area contributed by atoms with Crippen LogP contribution in [0.2, 0.25) is 10.0 Å². The Morgan fingerprint density at radius 3 is 2.45 bits per heavy atom. The fourth-order valence-corrected chi connectivity index (χ4v) is 3.90. The van der Waals surface area contributed by atoms with Crippen LogP contribution >= 0.6 is 23.2 Å². The summed E-state index contributed by atoms with van der Waals surface area (Å²) in [6.07, 6.45) is -4.83. The van der Waals surface area contributed by atoms with Crippen molar-refractivity contribution in [1.82, 2.24) is 15.1 Å². The molecule has 1 aliphatic rings. The fraction of sp³-hybridized carbons (Fsp3) is 0.238. The summed E-state index contributed by atoms with van der Waals surface area (Å²) < 4.78 is 42.2. The molecule has 10 heteroatoms. The smallest absolute Gasteiger partial charge is 0.362 e. The molecular weight excluding hydrogens is 452 g/mol. The molecule has 162 valence electrons. The lowest BCUT2D eigenvalue weighted by Gasteiger charge is -2.33. The predicted octanol–water partition coefficient (Wildman–Crippen LogP) is 5.78. The molecule has 31 heavy (non-hydrogen) atoms. The van der Waals surface area contributed by atoms with Gasteiger partial charge in [-0.25, -0.2) is 4.68 Å². The first kappa shape index (κ1) is 21.5. The van der Waals surface area contributed by atoms with E-state index in [2.05, 4.69) is 15.7 Å². The van der Waals surface area contributed by atoms with Gasteiger partial charge >= 0.3 is 6.18 Å². The van der Waals surface area contributed by atoms with Crippen molar-refractivity contribution in [3.63, 3.8) is 0 Å². The summed E-state index contributed by atoms with van der Waals surface area (Å²) in [5.41, 5.74) is 1.20. The molecule has 2 heterocycles. The zero-order valence-corrected chi connectivity index (χ0v) is 17.5. The zero-order chi connectivity index (χ0) is 22.2. The van der Waals surface area contributed by atoms with Crippen molar-refractivity contribution in [3.8, 4) is 0 Å². The standard InChI is InChI=1S/C21H17Cl2F3N4O/c22-14-8-6-12(7-9-14)11-27-20(31)18-17(23)19-28-15(13-4-2-1-3-5-13)10-16(21(24,25)26)30(19)29-18/h1-9,15-16,28H,10-11H2,(H,27,31)/t15-,16+/m0/s1. The van der Waals surface area contributed by atoms with Crippen LogP contribution in [0, 0.1) is 0 Å². The lowest BCUT2D eigenvalue weighted by molar-refractivity contribution is -0.173. The van der Waals surface area contributed by atoms with Crippen LogP contribution in [0.1, 0.15) is 40.1 Å². The SMILES string of the molecule is O=C(NCc1ccc(Cl)cc1)c1nn2c(c1Cl)N[C@H](c1ccccc1)C[C@@H]2C(F)(F)F. The van der Waals surface area contributed by atoms with E-state index in [1.165, 1.54) is 0 Å². The van der Waals surface area contributed by atoms with Gasteiger partial charge in [0.2, 0.25) is 0 Å². The maximum Gasteiger partial charge on any atom is 0.410 e. The van der Waals surface area contributed by atoms with E-state index < -0.39 is 24.2 Å². The Labute approximate surface area is 186 Å². The number of alkyl halides is 3. The third-order valence-corrected chi connectivity index (χ3v) is 5.69. The maximum absolute atomic E-state index is 13.8. The number of carbonyl (C=O) groups is 1. The van der Waals surface area contributed by atoms with Crippen molar-refractivity contribution >= 4 is 34.9 Å². The molecule has 0 saturated carbocycles. The van der Waals surface area contributed by atoms with Crippen LogP contribution in [0.15, 0.2) is 54.6 Å². The van der Waals surface area contributed by atoms with E-state index in [1.54, 1.807) is 54.6 Å². The molecule has 0 fully saturated rings. The minimum absolute atomic E-state index is 0.0271. The van der Waals surface area contributed by atoms with Gasteiger partial charge in [0.15, 0.2) is 11.7 Å². The van der Waals surface area contributed by atoms with Gasteiger partial charge in [-0.05, 0) is 23.3 Å². The van der Waals surface area contributed by atoms with Crippen molar-refractivity contribution in [3.05, 3.63) is 81.5 Å². The average Bonchev–Trinajstić information content (AvgIpc) is 3.09.